The zero-order valence-corrected chi connectivity index (χ0v) is 11.6. The predicted molar refractivity (Wildman–Crippen MR) is 69.3 cm³/mol. The molecule has 1 aliphatic heterocycles. The summed E-state index contributed by atoms with van der Waals surface area (Å²) >= 11 is 0. The quantitative estimate of drug-likeness (QED) is 0.659. The molecule has 17 heavy (non-hydrogen) atoms. The zero-order valence-electron chi connectivity index (χ0n) is 10.7. The van der Waals surface area contributed by atoms with E-state index < -0.39 is 15.3 Å². The summed E-state index contributed by atoms with van der Waals surface area (Å²) in [5.41, 5.74) is -0.566. The van der Waals surface area contributed by atoms with Gasteiger partial charge in [-0.3, -0.25) is 0 Å². The molecule has 0 aromatic carbocycles. The van der Waals surface area contributed by atoms with Gasteiger partial charge in [-0.05, 0) is 12.8 Å². The number of nitriles is 1. The van der Waals surface area contributed by atoms with Crippen LogP contribution in [0.4, 0.5) is 0 Å². The van der Waals surface area contributed by atoms with Crippen molar-refractivity contribution < 1.29 is 8.42 Å². The highest BCUT2D eigenvalue weighted by Gasteiger charge is 2.41. The summed E-state index contributed by atoms with van der Waals surface area (Å²) in [6.07, 6.45) is 8.40. The third-order valence-corrected chi connectivity index (χ3v) is 5.45. The van der Waals surface area contributed by atoms with Crippen LogP contribution in [0.5, 0.6) is 0 Å². The van der Waals surface area contributed by atoms with E-state index in [2.05, 4.69) is 13.0 Å². The summed E-state index contributed by atoms with van der Waals surface area (Å²) in [4.78, 5) is 0. The maximum absolute atomic E-state index is 11.4. The first-order chi connectivity index (χ1) is 8.04. The van der Waals surface area contributed by atoms with Gasteiger partial charge in [-0.15, -0.1) is 0 Å². The summed E-state index contributed by atoms with van der Waals surface area (Å²) in [7, 11) is -2.94. The third kappa shape index (κ3) is 4.67. The number of rotatable bonds is 7. The summed E-state index contributed by atoms with van der Waals surface area (Å²) in [5.74, 6) is 0.294. The lowest BCUT2D eigenvalue weighted by Gasteiger charge is -2.17. The van der Waals surface area contributed by atoms with E-state index in [9.17, 15) is 13.7 Å². The van der Waals surface area contributed by atoms with Crippen LogP contribution in [-0.4, -0.2) is 19.9 Å². The molecule has 1 heterocycles. The van der Waals surface area contributed by atoms with Crippen LogP contribution in [0.2, 0.25) is 0 Å². The van der Waals surface area contributed by atoms with Gasteiger partial charge in [-0.1, -0.05) is 45.4 Å². The van der Waals surface area contributed by atoms with Gasteiger partial charge in [0.15, 0.2) is 9.84 Å². The van der Waals surface area contributed by atoms with E-state index in [1.54, 1.807) is 0 Å². The molecule has 0 saturated carbocycles. The van der Waals surface area contributed by atoms with Crippen molar-refractivity contribution in [2.75, 3.05) is 11.5 Å². The lowest BCUT2D eigenvalue weighted by atomic mass is 9.83. The Balaban J connectivity index is 2.28. The van der Waals surface area contributed by atoms with Crippen molar-refractivity contribution in [3.8, 4) is 6.07 Å². The van der Waals surface area contributed by atoms with Gasteiger partial charge in [-0.2, -0.15) is 5.26 Å². The van der Waals surface area contributed by atoms with Gasteiger partial charge in [0, 0.05) is 0 Å². The summed E-state index contributed by atoms with van der Waals surface area (Å²) in [6, 6.07) is 2.26. The smallest absolute Gasteiger partial charge is 0.151 e. The first kappa shape index (κ1) is 14.5. The Morgan fingerprint density at radius 1 is 1.18 bits per heavy atom. The van der Waals surface area contributed by atoms with Crippen LogP contribution < -0.4 is 0 Å². The minimum Gasteiger partial charge on any atom is -0.229 e. The highest BCUT2D eigenvalue weighted by Crippen LogP contribution is 2.36. The molecule has 3 nitrogen and oxygen atoms in total. The Morgan fingerprint density at radius 3 is 2.35 bits per heavy atom. The van der Waals surface area contributed by atoms with Gasteiger partial charge in [-0.25, -0.2) is 8.42 Å². The van der Waals surface area contributed by atoms with Crippen LogP contribution in [0.15, 0.2) is 0 Å². The normalized spacial score (nSPS) is 26.8. The Hall–Kier alpha value is -0.560. The molecule has 1 unspecified atom stereocenters. The molecule has 0 aromatic rings. The molecule has 4 heteroatoms. The average Bonchev–Trinajstić information content (AvgIpc) is 2.60. The van der Waals surface area contributed by atoms with Crippen molar-refractivity contribution in [2.24, 2.45) is 5.41 Å². The van der Waals surface area contributed by atoms with E-state index in [0.29, 0.717) is 6.42 Å². The van der Waals surface area contributed by atoms with Gasteiger partial charge < -0.3 is 0 Å². The number of sulfone groups is 1. The standard InChI is InChI=1S/C13H23NO2S/c1-2-3-4-5-6-7-8-13(11-14)9-10-17(15,16)12-13/h2-10,12H2,1H3. The number of nitrogens with zero attached hydrogens (tertiary/aromatic N) is 1. The van der Waals surface area contributed by atoms with E-state index >= 15 is 0 Å². The van der Waals surface area contributed by atoms with E-state index in [-0.39, 0.29) is 11.5 Å². The Morgan fingerprint density at radius 2 is 1.82 bits per heavy atom. The Bertz CT molecular complexity index is 369. The van der Waals surface area contributed by atoms with Crippen LogP contribution in [-0.2, 0) is 9.84 Å². The second-order valence-corrected chi connectivity index (χ2v) is 7.44. The van der Waals surface area contributed by atoms with Crippen molar-refractivity contribution in [3.63, 3.8) is 0 Å². The number of unbranched alkanes of at least 4 members (excludes halogenated alkanes) is 5. The maximum atomic E-state index is 11.4. The van der Waals surface area contributed by atoms with Crippen LogP contribution in [0.25, 0.3) is 0 Å². The second kappa shape index (κ2) is 6.39. The molecule has 1 atom stereocenters. The first-order valence-corrected chi connectivity index (χ1v) is 8.47. The molecule has 1 saturated heterocycles. The molecule has 0 spiro atoms. The van der Waals surface area contributed by atoms with Crippen LogP contribution in [0.1, 0.15) is 58.3 Å². The first-order valence-electron chi connectivity index (χ1n) is 6.65. The topological polar surface area (TPSA) is 57.9 Å². The van der Waals surface area contributed by atoms with E-state index in [1.807, 2.05) is 0 Å². The minimum atomic E-state index is -2.94. The molecule has 0 bridgehead atoms. The second-order valence-electron chi connectivity index (χ2n) is 5.25. The number of hydrogen-bond acceptors (Lipinski definition) is 3. The molecule has 0 amide bonds. The van der Waals surface area contributed by atoms with Gasteiger partial charge in [0.2, 0.25) is 0 Å². The van der Waals surface area contributed by atoms with Gasteiger partial charge in [0.05, 0.1) is 23.0 Å². The Labute approximate surface area is 105 Å². The van der Waals surface area contributed by atoms with E-state index in [4.69, 9.17) is 0 Å². The fourth-order valence-electron chi connectivity index (χ4n) is 2.50. The van der Waals surface area contributed by atoms with Crippen molar-refractivity contribution >= 4 is 9.84 Å². The predicted octanol–water partition coefficient (Wildman–Crippen LogP) is 3.07. The van der Waals surface area contributed by atoms with Crippen LogP contribution >= 0.6 is 0 Å². The molecule has 98 valence electrons. The fraction of sp³-hybridized carbons (Fsp3) is 0.923. The van der Waals surface area contributed by atoms with E-state index in [1.165, 1.54) is 25.7 Å². The molecule has 1 rings (SSSR count). The molecule has 0 aliphatic carbocycles. The van der Waals surface area contributed by atoms with Gasteiger partial charge in [0.25, 0.3) is 0 Å². The lowest BCUT2D eigenvalue weighted by molar-refractivity contribution is 0.390. The largest absolute Gasteiger partial charge is 0.229 e. The monoisotopic (exact) mass is 257 g/mol. The van der Waals surface area contributed by atoms with Crippen molar-refractivity contribution in [1.82, 2.24) is 0 Å². The molecule has 0 N–H and O–H groups in total. The van der Waals surface area contributed by atoms with Gasteiger partial charge in [0.1, 0.15) is 0 Å². The molecule has 1 fully saturated rings. The van der Waals surface area contributed by atoms with E-state index in [0.717, 1.165) is 19.3 Å². The van der Waals surface area contributed by atoms with Crippen LogP contribution in [0, 0.1) is 16.7 Å². The van der Waals surface area contributed by atoms with Crippen molar-refractivity contribution in [3.05, 3.63) is 0 Å². The summed E-state index contributed by atoms with van der Waals surface area (Å²) < 4.78 is 22.9. The molecular formula is C13H23NO2S. The highest BCUT2D eigenvalue weighted by atomic mass is 32.2. The zero-order chi connectivity index (χ0) is 12.8. The molecule has 1 aliphatic rings. The molecule has 0 radical (unpaired) electrons. The Kier molecular flexibility index (Phi) is 5.45. The molecule has 0 aromatic heterocycles. The lowest BCUT2D eigenvalue weighted by Crippen LogP contribution is -2.20. The summed E-state index contributed by atoms with van der Waals surface area (Å²) in [5, 5.41) is 9.18. The maximum Gasteiger partial charge on any atom is 0.151 e. The van der Waals surface area contributed by atoms with Crippen molar-refractivity contribution in [1.29, 1.82) is 5.26 Å². The van der Waals surface area contributed by atoms with Crippen LogP contribution in [0.3, 0.4) is 0 Å². The minimum absolute atomic E-state index is 0.0887. The SMILES string of the molecule is CCCCCCCCC1(C#N)CCS(=O)(=O)C1. The van der Waals surface area contributed by atoms with Crippen molar-refractivity contribution in [2.45, 2.75) is 58.3 Å². The third-order valence-electron chi connectivity index (χ3n) is 3.63. The average molecular weight is 257 g/mol. The van der Waals surface area contributed by atoms with Gasteiger partial charge >= 0.3 is 0 Å². The number of hydrogen-bond donors (Lipinski definition) is 0. The molecular weight excluding hydrogens is 234 g/mol. The fourth-order valence-corrected chi connectivity index (χ4v) is 4.54. The summed E-state index contributed by atoms with van der Waals surface area (Å²) in [6.45, 7) is 2.19. The highest BCUT2D eigenvalue weighted by molar-refractivity contribution is 7.91.